The number of rotatable bonds is 5. The van der Waals surface area contributed by atoms with E-state index in [4.69, 9.17) is 0 Å². The Labute approximate surface area is 112 Å². The van der Waals surface area contributed by atoms with Gasteiger partial charge in [0.15, 0.2) is 0 Å². The third-order valence-electron chi connectivity index (χ3n) is 3.57. The van der Waals surface area contributed by atoms with Gasteiger partial charge in [0.25, 0.3) is 0 Å². The van der Waals surface area contributed by atoms with Crippen molar-refractivity contribution in [1.29, 1.82) is 0 Å². The van der Waals surface area contributed by atoms with Gasteiger partial charge in [-0.05, 0) is 36.1 Å². The smallest absolute Gasteiger partial charge is 0.244 e. The van der Waals surface area contributed by atoms with Crippen LogP contribution < -0.4 is 0 Å². The highest BCUT2D eigenvalue weighted by Crippen LogP contribution is 2.39. The van der Waals surface area contributed by atoms with E-state index in [1.165, 1.54) is 15.6 Å². The molecule has 1 aromatic rings. The summed E-state index contributed by atoms with van der Waals surface area (Å²) in [6.45, 7) is 4.26. The maximum Gasteiger partial charge on any atom is 0.244 e. The average Bonchev–Trinajstić information content (AvgIpc) is 2.85. The number of aliphatic hydroxyl groups is 1. The molecule has 2 atom stereocenters. The standard InChI is InChI=1S/C12H19NO3S2/c1-8-4-10(8)5-13(3)18(15,16)12-9(2)7-17-11(12)6-14/h7-8,10,14H,4-6H2,1-3H3. The van der Waals surface area contributed by atoms with E-state index in [0.29, 0.717) is 28.2 Å². The number of sulfonamides is 1. The summed E-state index contributed by atoms with van der Waals surface area (Å²) < 4.78 is 26.4. The van der Waals surface area contributed by atoms with Gasteiger partial charge < -0.3 is 5.11 Å². The van der Waals surface area contributed by atoms with E-state index in [2.05, 4.69) is 6.92 Å². The fourth-order valence-corrected chi connectivity index (χ4v) is 5.01. The molecular formula is C12H19NO3S2. The molecular weight excluding hydrogens is 270 g/mol. The number of thiophene rings is 1. The van der Waals surface area contributed by atoms with Gasteiger partial charge in [-0.1, -0.05) is 6.92 Å². The van der Waals surface area contributed by atoms with Gasteiger partial charge in [-0.3, -0.25) is 0 Å². The molecule has 4 nitrogen and oxygen atoms in total. The molecule has 18 heavy (non-hydrogen) atoms. The van der Waals surface area contributed by atoms with Gasteiger partial charge in [0.1, 0.15) is 4.90 Å². The van der Waals surface area contributed by atoms with Gasteiger partial charge in [-0.2, -0.15) is 0 Å². The molecule has 2 unspecified atom stereocenters. The van der Waals surface area contributed by atoms with Crippen LogP contribution in [0.2, 0.25) is 0 Å². The van der Waals surface area contributed by atoms with Crippen molar-refractivity contribution in [3.05, 3.63) is 15.8 Å². The first kappa shape index (κ1) is 14.0. The van der Waals surface area contributed by atoms with Gasteiger partial charge in [-0.15, -0.1) is 11.3 Å². The molecule has 0 aromatic carbocycles. The Hall–Kier alpha value is -0.430. The van der Waals surface area contributed by atoms with Crippen molar-refractivity contribution >= 4 is 21.4 Å². The fraction of sp³-hybridized carbons (Fsp3) is 0.667. The summed E-state index contributed by atoms with van der Waals surface area (Å²) >= 11 is 1.30. The molecule has 0 radical (unpaired) electrons. The van der Waals surface area contributed by atoms with Crippen molar-refractivity contribution < 1.29 is 13.5 Å². The summed E-state index contributed by atoms with van der Waals surface area (Å²) in [6, 6.07) is 0. The van der Waals surface area contributed by atoms with Crippen LogP contribution in [0.3, 0.4) is 0 Å². The van der Waals surface area contributed by atoms with Gasteiger partial charge in [0, 0.05) is 13.6 Å². The first-order valence-electron chi connectivity index (χ1n) is 6.02. The zero-order valence-corrected chi connectivity index (χ0v) is 12.5. The first-order valence-corrected chi connectivity index (χ1v) is 8.34. The Morgan fingerprint density at radius 3 is 2.67 bits per heavy atom. The minimum absolute atomic E-state index is 0.221. The Bertz CT molecular complexity index is 536. The van der Waals surface area contributed by atoms with Crippen LogP contribution in [0.15, 0.2) is 10.3 Å². The Kier molecular flexibility index (Phi) is 3.82. The molecule has 0 amide bonds. The monoisotopic (exact) mass is 289 g/mol. The van der Waals surface area contributed by atoms with Crippen molar-refractivity contribution in [2.75, 3.05) is 13.6 Å². The van der Waals surface area contributed by atoms with E-state index in [-0.39, 0.29) is 6.61 Å². The molecule has 1 heterocycles. The zero-order valence-electron chi connectivity index (χ0n) is 10.9. The molecule has 0 bridgehead atoms. The van der Waals surface area contributed by atoms with E-state index >= 15 is 0 Å². The van der Waals surface area contributed by atoms with E-state index in [1.54, 1.807) is 19.4 Å². The summed E-state index contributed by atoms with van der Waals surface area (Å²) in [5.74, 6) is 1.12. The molecule has 6 heteroatoms. The Morgan fingerprint density at radius 1 is 1.56 bits per heavy atom. The lowest BCUT2D eigenvalue weighted by Crippen LogP contribution is -2.30. The lowest BCUT2D eigenvalue weighted by atomic mass is 10.3. The van der Waals surface area contributed by atoms with Crippen molar-refractivity contribution in [1.82, 2.24) is 4.31 Å². The lowest BCUT2D eigenvalue weighted by Gasteiger charge is -2.18. The van der Waals surface area contributed by atoms with Crippen molar-refractivity contribution in [3.8, 4) is 0 Å². The molecule has 1 fully saturated rings. The van der Waals surface area contributed by atoms with Gasteiger partial charge in [0.05, 0.1) is 11.5 Å². The van der Waals surface area contributed by atoms with Crippen LogP contribution in [0.1, 0.15) is 23.8 Å². The molecule has 2 rings (SSSR count). The molecule has 1 aliphatic carbocycles. The summed E-state index contributed by atoms with van der Waals surface area (Å²) in [7, 11) is -1.84. The minimum Gasteiger partial charge on any atom is -0.391 e. The number of nitrogens with zero attached hydrogens (tertiary/aromatic N) is 1. The molecule has 1 N–H and O–H groups in total. The number of aliphatic hydroxyl groups excluding tert-OH is 1. The normalized spacial score (nSPS) is 23.6. The van der Waals surface area contributed by atoms with Crippen molar-refractivity contribution in [2.45, 2.75) is 31.8 Å². The van der Waals surface area contributed by atoms with Crippen LogP contribution in [0.4, 0.5) is 0 Å². The summed E-state index contributed by atoms with van der Waals surface area (Å²) in [4.78, 5) is 0.828. The average molecular weight is 289 g/mol. The van der Waals surface area contributed by atoms with E-state index in [9.17, 15) is 13.5 Å². The van der Waals surface area contributed by atoms with E-state index < -0.39 is 10.0 Å². The van der Waals surface area contributed by atoms with Crippen LogP contribution in [-0.2, 0) is 16.6 Å². The Balaban J connectivity index is 2.26. The molecule has 1 aromatic heterocycles. The highest BCUT2D eigenvalue weighted by Gasteiger charge is 2.37. The Morgan fingerprint density at radius 2 is 2.17 bits per heavy atom. The van der Waals surface area contributed by atoms with E-state index in [1.807, 2.05) is 0 Å². The molecule has 1 saturated carbocycles. The quantitative estimate of drug-likeness (QED) is 0.899. The third kappa shape index (κ3) is 2.47. The largest absolute Gasteiger partial charge is 0.391 e. The van der Waals surface area contributed by atoms with Crippen molar-refractivity contribution in [3.63, 3.8) is 0 Å². The van der Waals surface area contributed by atoms with Crippen LogP contribution in [0, 0.1) is 18.8 Å². The van der Waals surface area contributed by atoms with Crippen LogP contribution >= 0.6 is 11.3 Å². The van der Waals surface area contributed by atoms with Crippen LogP contribution in [0.25, 0.3) is 0 Å². The maximum absolute atomic E-state index is 12.5. The number of hydrogen-bond donors (Lipinski definition) is 1. The van der Waals surface area contributed by atoms with Crippen LogP contribution in [0.5, 0.6) is 0 Å². The van der Waals surface area contributed by atoms with E-state index in [0.717, 1.165) is 12.0 Å². The summed E-state index contributed by atoms with van der Waals surface area (Å²) in [5.41, 5.74) is 0.722. The highest BCUT2D eigenvalue weighted by atomic mass is 32.2. The third-order valence-corrected chi connectivity index (χ3v) is 6.84. The second kappa shape index (κ2) is 4.92. The maximum atomic E-state index is 12.5. The SMILES string of the molecule is Cc1csc(CO)c1S(=O)(=O)N(C)CC1CC1C. The second-order valence-corrected chi connectivity index (χ2v) is 8.03. The molecule has 0 aliphatic heterocycles. The summed E-state index contributed by atoms with van der Waals surface area (Å²) in [6.07, 6.45) is 1.11. The topological polar surface area (TPSA) is 57.6 Å². The van der Waals surface area contributed by atoms with Crippen LogP contribution in [-0.4, -0.2) is 31.4 Å². The van der Waals surface area contributed by atoms with Gasteiger partial charge >= 0.3 is 0 Å². The second-order valence-electron chi connectivity index (χ2n) is 5.09. The van der Waals surface area contributed by atoms with Gasteiger partial charge in [0.2, 0.25) is 10.0 Å². The first-order chi connectivity index (χ1) is 8.37. The molecule has 1 aliphatic rings. The zero-order chi connectivity index (χ0) is 13.5. The van der Waals surface area contributed by atoms with Gasteiger partial charge in [-0.25, -0.2) is 12.7 Å². The molecule has 102 valence electrons. The molecule has 0 saturated heterocycles. The number of aryl methyl sites for hydroxylation is 1. The minimum atomic E-state index is -3.46. The highest BCUT2D eigenvalue weighted by molar-refractivity contribution is 7.89. The molecule has 0 spiro atoms. The lowest BCUT2D eigenvalue weighted by molar-refractivity contribution is 0.282. The predicted octanol–water partition coefficient (Wildman–Crippen LogP) is 1.83. The summed E-state index contributed by atoms with van der Waals surface area (Å²) in [5, 5.41) is 11.0. The van der Waals surface area contributed by atoms with Crippen molar-refractivity contribution in [2.24, 2.45) is 11.8 Å². The number of hydrogen-bond acceptors (Lipinski definition) is 4. The fourth-order valence-electron chi connectivity index (χ4n) is 2.18. The predicted molar refractivity (Wildman–Crippen MR) is 72.1 cm³/mol.